The molecule has 0 radical (unpaired) electrons. The molecule has 4 atom stereocenters. The molecule has 0 amide bonds. The van der Waals surface area contributed by atoms with Crippen LogP contribution in [0, 0.1) is 0 Å². The summed E-state index contributed by atoms with van der Waals surface area (Å²) in [5.41, 5.74) is 0. The van der Waals surface area contributed by atoms with Gasteiger partial charge in [-0.25, -0.2) is 4.79 Å². The number of carbonyl (C=O) groups excluding carboxylic acids is 1. The van der Waals surface area contributed by atoms with Crippen molar-refractivity contribution in [2.45, 2.75) is 24.4 Å². The van der Waals surface area contributed by atoms with E-state index in [0.717, 1.165) is 0 Å². The molecule has 0 aliphatic rings. The van der Waals surface area contributed by atoms with Gasteiger partial charge in [-0.1, -0.05) is 0 Å². The smallest absolute Gasteiger partial charge is 0.780 e. The number of hydrogen-bond donors (Lipinski definition) is 5. The van der Waals surface area contributed by atoms with Gasteiger partial charge in [-0.05, 0) is 0 Å². The van der Waals surface area contributed by atoms with Gasteiger partial charge in [0, 0.05) is 0 Å². The Bertz CT molecular complexity index is 305. The normalized spacial score (nSPS) is 18.2. The summed E-state index contributed by atoms with van der Waals surface area (Å²) in [5.74, 6) is -2.00. The second-order valence-corrected chi connectivity index (χ2v) is 4.11. The summed E-state index contributed by atoms with van der Waals surface area (Å²) in [5, 5.41) is 44.4. The van der Waals surface area contributed by atoms with Crippen molar-refractivity contribution in [1.29, 1.82) is 0 Å². The van der Waals surface area contributed by atoms with Crippen LogP contribution in [0.5, 0.6) is 0 Å². The van der Waals surface area contributed by atoms with E-state index in [9.17, 15) is 19.1 Å². The van der Waals surface area contributed by atoms with Crippen LogP contribution in [0.3, 0.4) is 0 Å². The van der Waals surface area contributed by atoms with Gasteiger partial charge in [0.25, 0.3) is 0 Å². The molecule has 0 saturated heterocycles. The molecule has 10 nitrogen and oxygen atoms in total. The standard InChI is InChI=1S/C6H13O10P.Ca/c7-1-2(8)3(9)4(10)5(11)6(12)16-17(13,14)15;/h2-5,7-11H,1H2,(H2,13,14,15);/q;+2/p-2/t2-,3-,4+,5-;/m1./s1. The van der Waals surface area contributed by atoms with Crippen molar-refractivity contribution < 1.29 is 49.2 Å². The molecule has 0 bridgehead atoms. The second kappa shape index (κ2) is 8.77. The quantitative estimate of drug-likeness (QED) is 0.233. The van der Waals surface area contributed by atoms with Crippen LogP contribution in [0.15, 0.2) is 0 Å². The molecule has 0 rings (SSSR count). The zero-order chi connectivity index (χ0) is 13.8. The van der Waals surface area contributed by atoms with Gasteiger partial charge in [-0.2, -0.15) is 0 Å². The van der Waals surface area contributed by atoms with E-state index in [0.29, 0.717) is 0 Å². The van der Waals surface area contributed by atoms with Crippen molar-refractivity contribution in [1.82, 2.24) is 0 Å². The maximum atomic E-state index is 10.8. The monoisotopic (exact) mass is 314 g/mol. The van der Waals surface area contributed by atoms with E-state index < -0.39 is 44.8 Å². The Kier molecular flexibility index (Phi) is 10.2. The van der Waals surface area contributed by atoms with Crippen molar-refractivity contribution >= 4 is 51.5 Å². The molecule has 12 heteroatoms. The second-order valence-electron chi connectivity index (χ2n) is 3.03. The van der Waals surface area contributed by atoms with Crippen LogP contribution in [0.1, 0.15) is 0 Å². The fraction of sp³-hybridized carbons (Fsp3) is 0.833. The van der Waals surface area contributed by atoms with Gasteiger partial charge in [0.1, 0.15) is 26.1 Å². The van der Waals surface area contributed by atoms with Crippen molar-refractivity contribution in [2.24, 2.45) is 0 Å². The zero-order valence-electron chi connectivity index (χ0n) is 8.95. The van der Waals surface area contributed by atoms with Crippen molar-refractivity contribution in [2.75, 3.05) is 6.61 Å². The van der Waals surface area contributed by atoms with E-state index >= 15 is 0 Å². The molecule has 5 N–H and O–H groups in total. The van der Waals surface area contributed by atoms with E-state index in [4.69, 9.17) is 25.5 Å². The zero-order valence-corrected chi connectivity index (χ0v) is 12.1. The molecule has 0 aromatic heterocycles. The molecule has 0 aliphatic carbocycles. The predicted molar refractivity (Wildman–Crippen MR) is 50.6 cm³/mol. The first-order valence-electron chi connectivity index (χ1n) is 4.18. The number of aliphatic hydroxyl groups is 5. The number of hydrogen-bond acceptors (Lipinski definition) is 10. The molecule has 0 saturated carbocycles. The van der Waals surface area contributed by atoms with Crippen LogP contribution in [-0.2, 0) is 13.9 Å². The van der Waals surface area contributed by atoms with Crippen LogP contribution in [0.25, 0.3) is 0 Å². The fourth-order valence-electron chi connectivity index (χ4n) is 0.826. The van der Waals surface area contributed by atoms with Gasteiger partial charge in [0.2, 0.25) is 0 Å². The van der Waals surface area contributed by atoms with Gasteiger partial charge in [-0.3, -0.25) is 0 Å². The van der Waals surface area contributed by atoms with E-state index in [-0.39, 0.29) is 37.7 Å². The molecule has 0 aromatic rings. The van der Waals surface area contributed by atoms with Crippen molar-refractivity contribution in [3.63, 3.8) is 0 Å². The molecule has 0 spiro atoms. The molecular formula is C6H11CaO10P. The Morgan fingerprint density at radius 3 is 1.94 bits per heavy atom. The number of aliphatic hydroxyl groups excluding tert-OH is 5. The summed E-state index contributed by atoms with van der Waals surface area (Å²) < 4.78 is 13.2. The summed E-state index contributed by atoms with van der Waals surface area (Å²) in [6.07, 6.45) is -8.92. The Hall–Kier alpha value is 0.680. The molecule has 0 fully saturated rings. The van der Waals surface area contributed by atoms with Gasteiger partial charge in [0.05, 0.1) is 6.61 Å². The number of rotatable bonds is 6. The molecular weight excluding hydrogens is 303 g/mol. The molecule has 18 heavy (non-hydrogen) atoms. The van der Waals surface area contributed by atoms with Crippen LogP contribution < -0.4 is 9.79 Å². The van der Waals surface area contributed by atoms with Crippen molar-refractivity contribution in [3.05, 3.63) is 0 Å². The summed E-state index contributed by atoms with van der Waals surface area (Å²) in [6.45, 7) is -0.985. The summed E-state index contributed by atoms with van der Waals surface area (Å²) in [6, 6.07) is 0. The third kappa shape index (κ3) is 7.31. The van der Waals surface area contributed by atoms with Crippen LogP contribution in [-0.4, -0.2) is 100 Å². The third-order valence-electron chi connectivity index (χ3n) is 1.70. The first-order valence-corrected chi connectivity index (χ1v) is 5.65. The van der Waals surface area contributed by atoms with E-state index in [1.807, 2.05) is 0 Å². The van der Waals surface area contributed by atoms with Gasteiger partial charge in [-0.15, -0.1) is 0 Å². The molecule has 102 valence electrons. The van der Waals surface area contributed by atoms with E-state index in [1.54, 1.807) is 0 Å². The molecule has 0 unspecified atom stereocenters. The minimum atomic E-state index is -5.69. The third-order valence-corrected chi connectivity index (χ3v) is 2.10. The topological polar surface area (TPSA) is 191 Å². The van der Waals surface area contributed by atoms with Crippen LogP contribution in [0.4, 0.5) is 0 Å². The SMILES string of the molecule is O=C(OP(=O)([O-])[O-])[C@H](O)[C@@H](O)[C@H](O)[C@H](O)CO.[Ca+2]. The Labute approximate surface area is 131 Å². The van der Waals surface area contributed by atoms with Gasteiger partial charge >= 0.3 is 43.7 Å². The molecule has 0 aliphatic heterocycles. The van der Waals surface area contributed by atoms with Crippen LogP contribution in [0.2, 0.25) is 0 Å². The molecule has 0 heterocycles. The van der Waals surface area contributed by atoms with Gasteiger partial charge < -0.3 is 44.4 Å². The Balaban J connectivity index is 0. The number of carbonyl (C=O) groups is 1. The largest absolute Gasteiger partial charge is 2.00 e. The van der Waals surface area contributed by atoms with Crippen molar-refractivity contribution in [3.8, 4) is 0 Å². The predicted octanol–water partition coefficient (Wildman–Crippen LogP) is -5.59. The first-order chi connectivity index (χ1) is 7.60. The average Bonchev–Trinajstić information content (AvgIpc) is 2.22. The number of phosphoric acid groups is 1. The number of phosphoric ester groups is 1. The summed E-state index contributed by atoms with van der Waals surface area (Å²) in [7, 11) is -5.69. The fourth-order valence-corrected chi connectivity index (χ4v) is 1.15. The Morgan fingerprint density at radius 2 is 1.61 bits per heavy atom. The van der Waals surface area contributed by atoms with E-state index in [2.05, 4.69) is 4.52 Å². The van der Waals surface area contributed by atoms with Gasteiger partial charge in [0.15, 0.2) is 6.10 Å². The molecule has 0 aromatic carbocycles. The van der Waals surface area contributed by atoms with E-state index in [1.165, 1.54) is 0 Å². The summed E-state index contributed by atoms with van der Waals surface area (Å²) >= 11 is 0. The minimum Gasteiger partial charge on any atom is -0.780 e. The maximum absolute atomic E-state index is 10.8. The average molecular weight is 314 g/mol. The first kappa shape index (κ1) is 21.0. The Morgan fingerprint density at radius 1 is 1.17 bits per heavy atom. The van der Waals surface area contributed by atoms with Crippen LogP contribution >= 0.6 is 7.82 Å². The minimum absolute atomic E-state index is 0. The maximum Gasteiger partial charge on any atom is 2.00 e. The summed E-state index contributed by atoms with van der Waals surface area (Å²) in [4.78, 5) is 30.8.